The molecular weight excluding hydrogens is 414 g/mol. The third kappa shape index (κ3) is 5.47. The number of carbonyl (C=O) groups excluding carboxylic acids is 1. The van der Waals surface area contributed by atoms with Gasteiger partial charge in [-0.05, 0) is 55.1 Å². The second kappa shape index (κ2) is 10.4. The number of esters is 1. The fraction of sp³-hybridized carbons (Fsp3) is 0.385. The molecule has 0 bridgehead atoms. The van der Waals surface area contributed by atoms with E-state index in [4.69, 9.17) is 4.74 Å². The number of nitrogens with zero attached hydrogens (tertiary/aromatic N) is 4. The van der Waals surface area contributed by atoms with Crippen molar-refractivity contribution in [1.29, 1.82) is 5.26 Å². The van der Waals surface area contributed by atoms with Crippen LogP contribution in [0.2, 0.25) is 0 Å². The van der Waals surface area contributed by atoms with Crippen LogP contribution in [0.4, 0.5) is 5.82 Å². The molecule has 7 heteroatoms. The van der Waals surface area contributed by atoms with Crippen LogP contribution in [0.3, 0.4) is 0 Å². The Morgan fingerprint density at radius 1 is 1.12 bits per heavy atom. The number of hydrogen-bond acceptors (Lipinski definition) is 7. The number of benzene rings is 2. The number of rotatable bonds is 7. The molecule has 1 atom stereocenters. The van der Waals surface area contributed by atoms with Crippen molar-refractivity contribution in [3.05, 3.63) is 65.4 Å². The van der Waals surface area contributed by atoms with Crippen LogP contribution >= 0.6 is 0 Å². The Morgan fingerprint density at radius 2 is 1.76 bits per heavy atom. The molecule has 0 spiro atoms. The molecule has 0 amide bonds. The molecule has 2 aromatic carbocycles. The predicted octanol–water partition coefficient (Wildman–Crippen LogP) is 4.25. The number of fused-ring (bicyclic) bond motifs is 1. The molecule has 1 fully saturated rings. The molecule has 170 valence electrons. The third-order valence-electron chi connectivity index (χ3n) is 6.20. The second-order valence-corrected chi connectivity index (χ2v) is 8.66. The average molecular weight is 444 g/mol. The van der Waals surface area contributed by atoms with E-state index < -0.39 is 11.9 Å². The highest BCUT2D eigenvalue weighted by Crippen LogP contribution is 2.25. The Kier molecular flexibility index (Phi) is 7.16. The minimum Gasteiger partial charge on any atom is -0.468 e. The first-order chi connectivity index (χ1) is 16.1. The summed E-state index contributed by atoms with van der Waals surface area (Å²) in [5.41, 5.74) is 3.97. The Hall–Kier alpha value is -3.50. The van der Waals surface area contributed by atoms with E-state index in [0.717, 1.165) is 31.1 Å². The van der Waals surface area contributed by atoms with Gasteiger partial charge in [0.15, 0.2) is 11.7 Å². The molecule has 7 nitrogen and oxygen atoms in total. The average Bonchev–Trinajstić information content (AvgIpc) is 2.85. The number of piperidine rings is 1. The van der Waals surface area contributed by atoms with Crippen LogP contribution in [0, 0.1) is 17.2 Å². The molecule has 1 aliphatic heterocycles. The maximum atomic E-state index is 12.2. The first kappa shape index (κ1) is 22.7. The Bertz CT molecular complexity index is 1150. The van der Waals surface area contributed by atoms with Crippen LogP contribution < -0.4 is 5.32 Å². The van der Waals surface area contributed by atoms with E-state index in [1.165, 1.54) is 25.5 Å². The quantitative estimate of drug-likeness (QED) is 0.546. The summed E-state index contributed by atoms with van der Waals surface area (Å²) >= 11 is 0. The van der Waals surface area contributed by atoms with E-state index in [0.29, 0.717) is 23.4 Å². The maximum absolute atomic E-state index is 12.2. The van der Waals surface area contributed by atoms with Gasteiger partial charge in [0.2, 0.25) is 0 Å². The van der Waals surface area contributed by atoms with Gasteiger partial charge in [-0.25, -0.2) is 9.97 Å². The number of nitrogens with one attached hydrogen (secondary N) is 1. The van der Waals surface area contributed by atoms with Gasteiger partial charge >= 0.3 is 5.97 Å². The van der Waals surface area contributed by atoms with Gasteiger partial charge in [0.1, 0.15) is 5.69 Å². The zero-order chi connectivity index (χ0) is 23.2. The molecule has 1 aliphatic rings. The van der Waals surface area contributed by atoms with E-state index in [-0.39, 0.29) is 5.69 Å². The van der Waals surface area contributed by atoms with Crippen molar-refractivity contribution in [3.63, 3.8) is 0 Å². The molecule has 4 rings (SSSR count). The van der Waals surface area contributed by atoms with E-state index >= 15 is 0 Å². The second-order valence-electron chi connectivity index (χ2n) is 8.66. The minimum atomic E-state index is -1.15. The normalized spacial score (nSPS) is 15.7. The predicted molar refractivity (Wildman–Crippen MR) is 127 cm³/mol. The minimum absolute atomic E-state index is 0.277. The van der Waals surface area contributed by atoms with Gasteiger partial charge in [-0.15, -0.1) is 0 Å². The smallest absolute Gasteiger partial charge is 0.329 e. The van der Waals surface area contributed by atoms with Crippen molar-refractivity contribution in [2.75, 3.05) is 25.5 Å². The Labute approximate surface area is 194 Å². The lowest BCUT2D eigenvalue weighted by Gasteiger charge is -2.30. The number of ether oxygens (including phenoxy) is 1. The van der Waals surface area contributed by atoms with Gasteiger partial charge in [0, 0.05) is 13.1 Å². The molecule has 3 aromatic rings. The summed E-state index contributed by atoms with van der Waals surface area (Å²) in [6.45, 7) is 6.13. The molecule has 1 saturated heterocycles. The summed E-state index contributed by atoms with van der Waals surface area (Å²) in [5.74, 6) is -0.555. The molecule has 0 unspecified atom stereocenters. The summed E-state index contributed by atoms with van der Waals surface area (Å²) in [7, 11) is 1.26. The van der Waals surface area contributed by atoms with Crippen molar-refractivity contribution in [2.24, 2.45) is 5.92 Å². The lowest BCUT2D eigenvalue weighted by atomic mass is 9.99. The van der Waals surface area contributed by atoms with Crippen molar-refractivity contribution in [1.82, 2.24) is 14.9 Å². The van der Waals surface area contributed by atoms with Gasteiger partial charge in [-0.1, -0.05) is 43.3 Å². The van der Waals surface area contributed by atoms with E-state index in [1.54, 1.807) is 0 Å². The van der Waals surface area contributed by atoms with E-state index in [9.17, 15) is 10.1 Å². The standard InChI is InChI=1S/C26H29N5O2/c1-18-11-13-31(14-12-18)17-20-9-7-19(8-10-20)16-28-25-24(21(15-27)26(32)33-2)29-22-5-3-4-6-23(22)30-25/h3-10,18,21H,11-14,16-17H2,1-2H3,(H,28,30)/t21-/m1/s1. The van der Waals surface area contributed by atoms with Gasteiger partial charge in [0.25, 0.3) is 0 Å². The fourth-order valence-electron chi connectivity index (χ4n) is 4.12. The number of carbonyl (C=O) groups is 1. The molecule has 0 saturated carbocycles. The van der Waals surface area contributed by atoms with Crippen LogP contribution in [0.1, 0.15) is 42.5 Å². The van der Waals surface area contributed by atoms with Gasteiger partial charge in [-0.3, -0.25) is 9.69 Å². The fourth-order valence-corrected chi connectivity index (χ4v) is 4.12. The van der Waals surface area contributed by atoms with Crippen molar-refractivity contribution >= 4 is 22.8 Å². The van der Waals surface area contributed by atoms with Crippen LogP contribution in [0.15, 0.2) is 48.5 Å². The van der Waals surface area contributed by atoms with Crippen molar-refractivity contribution < 1.29 is 9.53 Å². The zero-order valence-corrected chi connectivity index (χ0v) is 19.1. The zero-order valence-electron chi connectivity index (χ0n) is 19.1. The van der Waals surface area contributed by atoms with E-state index in [1.807, 2.05) is 30.3 Å². The van der Waals surface area contributed by atoms with Crippen LogP contribution in [-0.4, -0.2) is 41.0 Å². The van der Waals surface area contributed by atoms with Crippen molar-refractivity contribution in [3.8, 4) is 6.07 Å². The number of likely N-dealkylation sites (tertiary alicyclic amines) is 1. The summed E-state index contributed by atoms with van der Waals surface area (Å²) in [6.07, 6.45) is 2.54. The Morgan fingerprint density at radius 3 is 2.39 bits per heavy atom. The lowest BCUT2D eigenvalue weighted by molar-refractivity contribution is -0.141. The molecular formula is C26H29N5O2. The van der Waals surface area contributed by atoms with E-state index in [2.05, 4.69) is 51.4 Å². The largest absolute Gasteiger partial charge is 0.468 e. The molecule has 2 heterocycles. The van der Waals surface area contributed by atoms with Gasteiger partial charge in [-0.2, -0.15) is 5.26 Å². The first-order valence-corrected chi connectivity index (χ1v) is 11.4. The van der Waals surface area contributed by atoms with Gasteiger partial charge in [0.05, 0.1) is 24.2 Å². The number of para-hydroxylation sites is 2. The summed E-state index contributed by atoms with van der Waals surface area (Å²) < 4.78 is 4.81. The van der Waals surface area contributed by atoms with Crippen LogP contribution in [0.25, 0.3) is 11.0 Å². The maximum Gasteiger partial charge on any atom is 0.329 e. The monoisotopic (exact) mass is 443 g/mol. The number of anilines is 1. The molecule has 0 radical (unpaired) electrons. The highest BCUT2D eigenvalue weighted by molar-refractivity contribution is 5.84. The molecule has 1 N–H and O–H groups in total. The topological polar surface area (TPSA) is 91.1 Å². The SMILES string of the molecule is COC(=O)[C@H](C#N)c1nc2ccccc2nc1NCc1ccc(CN2CCC(C)CC2)cc1. The number of nitriles is 1. The molecule has 0 aliphatic carbocycles. The molecule has 33 heavy (non-hydrogen) atoms. The highest BCUT2D eigenvalue weighted by Gasteiger charge is 2.27. The van der Waals surface area contributed by atoms with Crippen LogP contribution in [0.5, 0.6) is 0 Å². The van der Waals surface area contributed by atoms with Gasteiger partial charge < -0.3 is 10.1 Å². The van der Waals surface area contributed by atoms with Crippen LogP contribution in [-0.2, 0) is 22.6 Å². The number of methoxy groups -OCH3 is 1. The molecule has 1 aromatic heterocycles. The lowest BCUT2D eigenvalue weighted by Crippen LogP contribution is -2.32. The summed E-state index contributed by atoms with van der Waals surface area (Å²) in [5, 5.41) is 12.9. The Balaban J connectivity index is 1.49. The highest BCUT2D eigenvalue weighted by atomic mass is 16.5. The summed E-state index contributed by atoms with van der Waals surface area (Å²) in [4.78, 5) is 23.9. The number of aromatic nitrogens is 2. The number of hydrogen-bond donors (Lipinski definition) is 1. The third-order valence-corrected chi connectivity index (χ3v) is 6.20. The summed E-state index contributed by atoms with van der Waals surface area (Å²) in [6, 6.07) is 17.9. The van der Waals surface area contributed by atoms with Crippen molar-refractivity contribution in [2.45, 2.75) is 38.8 Å². The first-order valence-electron chi connectivity index (χ1n) is 11.4.